The van der Waals surface area contributed by atoms with Gasteiger partial charge in [0.1, 0.15) is 53.4 Å². The molecule has 0 saturated carbocycles. The van der Waals surface area contributed by atoms with Crippen LogP contribution in [0.3, 0.4) is 0 Å². The average Bonchev–Trinajstić information content (AvgIpc) is 3.47. The molecule has 4 aromatic rings. The van der Waals surface area contributed by atoms with Crippen LogP contribution >= 0.6 is 0 Å². The van der Waals surface area contributed by atoms with Crippen LogP contribution in [0.5, 0.6) is 17.6 Å². The molecule has 2 aromatic carbocycles. The molecule has 0 bridgehead atoms. The van der Waals surface area contributed by atoms with Gasteiger partial charge in [0.25, 0.3) is 0 Å². The van der Waals surface area contributed by atoms with Gasteiger partial charge in [0, 0.05) is 25.1 Å². The molecule has 8 nitrogen and oxygen atoms in total. The van der Waals surface area contributed by atoms with Gasteiger partial charge >= 0.3 is 6.01 Å². The van der Waals surface area contributed by atoms with E-state index in [4.69, 9.17) is 14.5 Å². The molecule has 0 unspecified atom stereocenters. The molecule has 3 saturated heterocycles. The summed E-state index contributed by atoms with van der Waals surface area (Å²) in [6, 6.07) is 5.80. The largest absolute Gasteiger partial charge is 0.508 e. The number of ether oxygens (including phenoxy) is 2. The number of pyridine rings is 1. The predicted octanol–water partition coefficient (Wildman–Crippen LogP) is 5.84. The number of hydrogen-bond acceptors (Lipinski definition) is 8. The first-order chi connectivity index (χ1) is 20.8. The van der Waals surface area contributed by atoms with Crippen molar-refractivity contribution in [2.45, 2.75) is 63.2 Å². The minimum atomic E-state index is -0.906. The molecule has 0 radical (unpaired) electrons. The number of piperidine rings is 1. The monoisotopic (exact) mass is 591 g/mol. The van der Waals surface area contributed by atoms with Crippen LogP contribution in [0.25, 0.3) is 32.9 Å². The molecule has 43 heavy (non-hydrogen) atoms. The smallest absolute Gasteiger partial charge is 0.319 e. The molecule has 11 heteroatoms. The van der Waals surface area contributed by atoms with Gasteiger partial charge in [0.05, 0.1) is 11.6 Å². The van der Waals surface area contributed by atoms with Crippen molar-refractivity contribution in [2.24, 2.45) is 0 Å². The summed E-state index contributed by atoms with van der Waals surface area (Å²) in [6.45, 7) is 4.10. The number of aryl methyl sites for hydroxylation is 1. The first-order valence-corrected chi connectivity index (χ1v) is 15.1. The van der Waals surface area contributed by atoms with E-state index in [9.17, 15) is 13.9 Å². The molecule has 4 aliphatic rings. The zero-order chi connectivity index (χ0) is 29.5. The highest BCUT2D eigenvalue weighted by Gasteiger charge is 2.49. The fourth-order valence-corrected chi connectivity index (χ4v) is 7.73. The minimum absolute atomic E-state index is 0.0160. The van der Waals surface area contributed by atoms with Gasteiger partial charge in [-0.1, -0.05) is 6.07 Å². The van der Waals surface area contributed by atoms with Crippen LogP contribution in [-0.2, 0) is 0 Å². The van der Waals surface area contributed by atoms with Gasteiger partial charge in [-0.3, -0.25) is 4.90 Å². The van der Waals surface area contributed by atoms with Gasteiger partial charge < -0.3 is 19.5 Å². The maximum absolute atomic E-state index is 16.8. The normalized spacial score (nSPS) is 25.1. The van der Waals surface area contributed by atoms with Crippen LogP contribution in [0.1, 0.15) is 44.1 Å². The Morgan fingerprint density at radius 3 is 2.86 bits per heavy atom. The molecule has 3 fully saturated rings. The van der Waals surface area contributed by atoms with E-state index in [-0.39, 0.29) is 47.1 Å². The van der Waals surface area contributed by atoms with Crippen molar-refractivity contribution in [3.8, 4) is 28.9 Å². The third kappa shape index (κ3) is 4.18. The van der Waals surface area contributed by atoms with Crippen molar-refractivity contribution < 1.29 is 27.8 Å². The van der Waals surface area contributed by atoms with E-state index >= 15 is 4.39 Å². The highest BCUT2D eigenvalue weighted by atomic mass is 19.1. The van der Waals surface area contributed by atoms with Gasteiger partial charge in [-0.25, -0.2) is 18.2 Å². The molecular weight excluding hydrogens is 559 g/mol. The molecule has 1 N–H and O–H groups in total. The Labute approximate surface area is 246 Å². The maximum Gasteiger partial charge on any atom is 0.319 e. The Morgan fingerprint density at radius 2 is 1.98 bits per heavy atom. The molecule has 6 heterocycles. The van der Waals surface area contributed by atoms with Crippen molar-refractivity contribution in [1.29, 1.82) is 0 Å². The number of phenolic OH excluding ortho intramolecular Hbond substituents is 1. The number of rotatable bonds is 4. The second-order valence-electron chi connectivity index (χ2n) is 12.4. The van der Waals surface area contributed by atoms with Crippen LogP contribution < -0.4 is 14.4 Å². The lowest BCUT2D eigenvalue weighted by molar-refractivity contribution is 0.107. The Balaban J connectivity index is 1.32. The average molecular weight is 592 g/mol. The van der Waals surface area contributed by atoms with E-state index in [0.29, 0.717) is 47.1 Å². The summed E-state index contributed by atoms with van der Waals surface area (Å²) >= 11 is 0. The lowest BCUT2D eigenvalue weighted by Gasteiger charge is -2.35. The summed E-state index contributed by atoms with van der Waals surface area (Å²) in [5, 5.41) is 11.9. The molecule has 8 rings (SSSR count). The number of aromatic hydroxyl groups is 1. The second-order valence-corrected chi connectivity index (χ2v) is 12.4. The summed E-state index contributed by atoms with van der Waals surface area (Å²) in [5.41, 5.74) is -0.00121. The highest BCUT2D eigenvalue weighted by molar-refractivity contribution is 6.03. The third-order valence-corrected chi connectivity index (χ3v) is 9.81. The fraction of sp³-hybridized carbons (Fsp3) is 0.469. The number of nitrogens with zero attached hydrogens (tertiary/aromatic N) is 5. The van der Waals surface area contributed by atoms with E-state index < -0.39 is 23.3 Å². The Morgan fingerprint density at radius 1 is 1.09 bits per heavy atom. The third-order valence-electron chi connectivity index (χ3n) is 9.81. The topological polar surface area (TPSA) is 83.8 Å². The van der Waals surface area contributed by atoms with Gasteiger partial charge in [0.15, 0.2) is 5.82 Å². The summed E-state index contributed by atoms with van der Waals surface area (Å²) in [6.07, 6.45) is 4.16. The molecule has 0 amide bonds. The summed E-state index contributed by atoms with van der Waals surface area (Å²) < 4.78 is 58.4. The van der Waals surface area contributed by atoms with Crippen molar-refractivity contribution in [3.63, 3.8) is 0 Å². The van der Waals surface area contributed by atoms with Crippen molar-refractivity contribution in [2.75, 3.05) is 37.7 Å². The first kappa shape index (κ1) is 26.7. The number of fused-ring (bicyclic) bond motifs is 4. The van der Waals surface area contributed by atoms with Crippen LogP contribution in [-0.4, -0.2) is 75.6 Å². The molecule has 0 spiro atoms. The molecule has 2 aromatic heterocycles. The Bertz CT molecular complexity index is 1790. The van der Waals surface area contributed by atoms with Crippen molar-refractivity contribution >= 4 is 27.5 Å². The quantitative estimate of drug-likeness (QED) is 0.317. The first-order valence-electron chi connectivity index (χ1n) is 15.1. The van der Waals surface area contributed by atoms with Crippen molar-refractivity contribution in [3.05, 3.63) is 41.5 Å². The van der Waals surface area contributed by atoms with Gasteiger partial charge in [0.2, 0.25) is 5.88 Å². The van der Waals surface area contributed by atoms with Crippen LogP contribution in [0.4, 0.5) is 19.0 Å². The van der Waals surface area contributed by atoms with E-state index in [1.807, 2.05) is 0 Å². The molecule has 224 valence electrons. The fourth-order valence-electron chi connectivity index (χ4n) is 7.73. The number of alkyl halides is 1. The van der Waals surface area contributed by atoms with Gasteiger partial charge in [-0.2, -0.15) is 9.97 Å². The maximum atomic E-state index is 16.8. The summed E-state index contributed by atoms with van der Waals surface area (Å²) in [7, 11) is 0. The summed E-state index contributed by atoms with van der Waals surface area (Å²) in [4.78, 5) is 18.3. The van der Waals surface area contributed by atoms with Gasteiger partial charge in [-0.05, 0) is 80.1 Å². The lowest BCUT2D eigenvalue weighted by atomic mass is 9.95. The number of benzene rings is 2. The number of halogens is 3. The Kier molecular flexibility index (Phi) is 6.12. The Hall–Kier alpha value is -3.86. The SMILES string of the molecule is Cc1c(F)ccc2cc(O)cc(-c3nc4c5c(nc(OC[C@@]67CCCN6C[C@H](F)C7)nc5c3F)N3CCCC[C@H]3CO4)c12. The molecule has 0 aliphatic carbocycles. The zero-order valence-corrected chi connectivity index (χ0v) is 23.9. The standard InChI is InChI=1S/C32H32F3N5O3/c1-17-23(34)7-6-18-11-21(41)12-22(24(17)18)27-26(35)28-25-29(40-10-3-2-5-20(40)15-42-30(25)36-27)38-31(37-28)43-16-32-8-4-9-39(32)14-19(33)13-32/h6-7,11-12,19-20,41H,2-5,8-10,13-16H2,1H3/t19-,20+,32+/m1/s1. The van der Waals surface area contributed by atoms with Crippen LogP contribution in [0.15, 0.2) is 24.3 Å². The van der Waals surface area contributed by atoms with E-state index in [1.165, 1.54) is 18.2 Å². The lowest BCUT2D eigenvalue weighted by Crippen LogP contribution is -2.44. The van der Waals surface area contributed by atoms with Gasteiger partial charge in [-0.15, -0.1) is 0 Å². The molecular formula is C32H32F3N5O3. The zero-order valence-electron chi connectivity index (χ0n) is 23.9. The molecule has 3 atom stereocenters. The number of aromatic nitrogens is 3. The number of hydrogen-bond donors (Lipinski definition) is 1. The number of anilines is 1. The molecule has 4 aliphatic heterocycles. The van der Waals surface area contributed by atoms with E-state index in [2.05, 4.69) is 19.8 Å². The van der Waals surface area contributed by atoms with E-state index in [0.717, 1.165) is 45.2 Å². The van der Waals surface area contributed by atoms with Crippen LogP contribution in [0, 0.1) is 18.6 Å². The van der Waals surface area contributed by atoms with Crippen LogP contribution in [0.2, 0.25) is 0 Å². The number of phenols is 1. The highest BCUT2D eigenvalue weighted by Crippen LogP contribution is 2.45. The van der Waals surface area contributed by atoms with Crippen molar-refractivity contribution in [1.82, 2.24) is 19.9 Å². The minimum Gasteiger partial charge on any atom is -0.508 e. The second kappa shape index (κ2) is 9.83. The predicted molar refractivity (Wildman–Crippen MR) is 156 cm³/mol. The van der Waals surface area contributed by atoms with E-state index in [1.54, 1.807) is 13.0 Å². The summed E-state index contributed by atoms with van der Waals surface area (Å²) in [5.74, 6) is -0.602.